The van der Waals surface area contributed by atoms with E-state index in [0.717, 1.165) is 18.1 Å². The molecule has 25 heavy (non-hydrogen) atoms. The highest BCUT2D eigenvalue weighted by atomic mass is 35.5. The summed E-state index contributed by atoms with van der Waals surface area (Å²) in [7, 11) is 0. The van der Waals surface area contributed by atoms with Crippen LogP contribution < -0.4 is 5.32 Å². The van der Waals surface area contributed by atoms with Gasteiger partial charge >= 0.3 is 0 Å². The smallest absolute Gasteiger partial charge is 0.253 e. The molecule has 0 radical (unpaired) electrons. The zero-order chi connectivity index (χ0) is 17.8. The molecule has 0 spiro atoms. The molecule has 4 nitrogen and oxygen atoms in total. The number of halogens is 2. The van der Waals surface area contributed by atoms with Gasteiger partial charge in [0, 0.05) is 19.5 Å². The van der Waals surface area contributed by atoms with Crippen molar-refractivity contribution in [3.8, 4) is 0 Å². The van der Waals surface area contributed by atoms with Crippen molar-refractivity contribution in [3.05, 3.63) is 70.5 Å². The van der Waals surface area contributed by atoms with Crippen LogP contribution in [-0.4, -0.2) is 29.8 Å². The van der Waals surface area contributed by atoms with Crippen molar-refractivity contribution in [1.29, 1.82) is 0 Å². The highest BCUT2D eigenvalue weighted by Gasteiger charge is 2.26. The third-order valence-corrected chi connectivity index (χ3v) is 4.57. The van der Waals surface area contributed by atoms with Crippen LogP contribution in [0, 0.1) is 5.82 Å². The quantitative estimate of drug-likeness (QED) is 0.886. The SMILES string of the molecule is O=C(NC(CN1CCCC1=O)c1ccccc1)c1ccc(F)cc1Cl. The van der Waals surface area contributed by atoms with Gasteiger partial charge in [0.1, 0.15) is 5.82 Å². The standard InChI is InChI=1S/C19H18ClFN2O2/c20-16-11-14(21)8-9-15(16)19(25)22-17(13-5-2-1-3-6-13)12-23-10-4-7-18(23)24/h1-3,5-6,8-9,11,17H,4,7,10,12H2,(H,22,25). The maximum atomic E-state index is 13.2. The average molecular weight is 361 g/mol. The van der Waals surface area contributed by atoms with E-state index in [1.807, 2.05) is 30.3 Å². The molecule has 0 aliphatic carbocycles. The summed E-state index contributed by atoms with van der Waals surface area (Å²) in [4.78, 5) is 26.3. The molecule has 1 heterocycles. The molecule has 3 rings (SSSR count). The van der Waals surface area contributed by atoms with Gasteiger partial charge in [-0.05, 0) is 30.2 Å². The summed E-state index contributed by atoms with van der Waals surface area (Å²) in [6.07, 6.45) is 1.37. The first-order valence-corrected chi connectivity index (χ1v) is 8.51. The van der Waals surface area contributed by atoms with E-state index in [1.165, 1.54) is 12.1 Å². The van der Waals surface area contributed by atoms with Crippen molar-refractivity contribution in [3.63, 3.8) is 0 Å². The van der Waals surface area contributed by atoms with Crippen molar-refractivity contribution in [2.45, 2.75) is 18.9 Å². The summed E-state index contributed by atoms with van der Waals surface area (Å²) in [6, 6.07) is 12.7. The van der Waals surface area contributed by atoms with Crippen LogP contribution in [0.5, 0.6) is 0 Å². The Morgan fingerprint density at radius 1 is 1.24 bits per heavy atom. The topological polar surface area (TPSA) is 49.4 Å². The first-order valence-electron chi connectivity index (χ1n) is 8.13. The second-order valence-electron chi connectivity index (χ2n) is 6.00. The van der Waals surface area contributed by atoms with Crippen molar-refractivity contribution in [2.75, 3.05) is 13.1 Å². The molecule has 0 aromatic heterocycles. The lowest BCUT2D eigenvalue weighted by atomic mass is 10.1. The summed E-state index contributed by atoms with van der Waals surface area (Å²) in [5.41, 5.74) is 1.10. The molecule has 1 fully saturated rings. The molecule has 1 aliphatic rings. The van der Waals surface area contributed by atoms with E-state index in [-0.39, 0.29) is 22.5 Å². The fraction of sp³-hybridized carbons (Fsp3) is 0.263. The molecule has 1 saturated heterocycles. The normalized spacial score (nSPS) is 15.3. The summed E-state index contributed by atoms with van der Waals surface area (Å²) < 4.78 is 13.2. The van der Waals surface area contributed by atoms with Gasteiger partial charge in [-0.2, -0.15) is 0 Å². The summed E-state index contributed by atoms with van der Waals surface area (Å²) in [6.45, 7) is 1.09. The van der Waals surface area contributed by atoms with Crippen molar-refractivity contribution in [1.82, 2.24) is 10.2 Å². The molecule has 1 atom stereocenters. The molecule has 0 bridgehead atoms. The lowest BCUT2D eigenvalue weighted by Gasteiger charge is -2.25. The summed E-state index contributed by atoms with van der Waals surface area (Å²) in [5.74, 6) is -0.802. The fourth-order valence-corrected chi connectivity index (χ4v) is 3.20. The lowest BCUT2D eigenvalue weighted by Crippen LogP contribution is -2.38. The number of hydrogen-bond acceptors (Lipinski definition) is 2. The molecule has 2 aromatic rings. The third kappa shape index (κ3) is 4.17. The molecule has 0 saturated carbocycles. The van der Waals surface area contributed by atoms with Crippen LogP contribution in [0.2, 0.25) is 5.02 Å². The van der Waals surface area contributed by atoms with E-state index in [2.05, 4.69) is 5.32 Å². The molecule has 6 heteroatoms. The van der Waals surface area contributed by atoms with Gasteiger partial charge in [0.25, 0.3) is 5.91 Å². The second-order valence-corrected chi connectivity index (χ2v) is 6.41. The minimum absolute atomic E-state index is 0.0570. The number of carbonyl (C=O) groups excluding carboxylic acids is 2. The highest BCUT2D eigenvalue weighted by molar-refractivity contribution is 6.33. The van der Waals surface area contributed by atoms with Crippen molar-refractivity contribution < 1.29 is 14.0 Å². The van der Waals surface area contributed by atoms with E-state index in [0.29, 0.717) is 19.5 Å². The zero-order valence-corrected chi connectivity index (χ0v) is 14.3. The molecule has 1 unspecified atom stereocenters. The molecular weight excluding hydrogens is 343 g/mol. The number of nitrogens with zero attached hydrogens (tertiary/aromatic N) is 1. The van der Waals surface area contributed by atoms with E-state index >= 15 is 0 Å². The van der Waals surface area contributed by atoms with Gasteiger partial charge < -0.3 is 10.2 Å². The number of hydrogen-bond donors (Lipinski definition) is 1. The fourth-order valence-electron chi connectivity index (χ4n) is 2.95. The van der Waals surface area contributed by atoms with Gasteiger partial charge in [0.2, 0.25) is 5.91 Å². The number of likely N-dealkylation sites (tertiary alicyclic amines) is 1. The van der Waals surface area contributed by atoms with Crippen LogP contribution in [0.25, 0.3) is 0 Å². The zero-order valence-electron chi connectivity index (χ0n) is 13.5. The van der Waals surface area contributed by atoms with E-state index < -0.39 is 11.7 Å². The summed E-state index contributed by atoms with van der Waals surface area (Å²) in [5, 5.41) is 2.97. The van der Waals surface area contributed by atoms with Gasteiger partial charge in [-0.25, -0.2) is 4.39 Å². The number of carbonyl (C=O) groups is 2. The van der Waals surface area contributed by atoms with Gasteiger partial charge in [0.05, 0.1) is 16.6 Å². The van der Waals surface area contributed by atoms with E-state index in [9.17, 15) is 14.0 Å². The number of rotatable bonds is 5. The summed E-state index contributed by atoms with van der Waals surface area (Å²) >= 11 is 5.98. The average Bonchev–Trinajstić information content (AvgIpc) is 3.00. The first-order chi connectivity index (χ1) is 12.0. The Labute approximate surface area is 150 Å². The maximum Gasteiger partial charge on any atom is 0.253 e. The largest absolute Gasteiger partial charge is 0.343 e. The van der Waals surface area contributed by atoms with Crippen LogP contribution in [-0.2, 0) is 4.79 Å². The predicted molar refractivity (Wildman–Crippen MR) is 93.9 cm³/mol. The van der Waals surface area contributed by atoms with Crippen LogP contribution in [0.15, 0.2) is 48.5 Å². The monoisotopic (exact) mass is 360 g/mol. The number of nitrogens with one attached hydrogen (secondary N) is 1. The molecule has 1 N–H and O–H groups in total. The van der Waals surface area contributed by atoms with Crippen LogP contribution >= 0.6 is 11.6 Å². The number of benzene rings is 2. The van der Waals surface area contributed by atoms with E-state index in [4.69, 9.17) is 11.6 Å². The molecule has 1 aliphatic heterocycles. The molecule has 130 valence electrons. The van der Waals surface area contributed by atoms with Crippen molar-refractivity contribution in [2.24, 2.45) is 0 Å². The first kappa shape index (κ1) is 17.4. The third-order valence-electron chi connectivity index (χ3n) is 4.26. The van der Waals surface area contributed by atoms with Crippen LogP contribution in [0.3, 0.4) is 0 Å². The molecular formula is C19H18ClFN2O2. The molecule has 2 aromatic carbocycles. The predicted octanol–water partition coefficient (Wildman–Crippen LogP) is 3.57. The Kier molecular flexibility index (Phi) is 5.34. The Morgan fingerprint density at radius 2 is 2.00 bits per heavy atom. The lowest BCUT2D eigenvalue weighted by molar-refractivity contribution is -0.128. The van der Waals surface area contributed by atoms with Gasteiger partial charge in [0.15, 0.2) is 0 Å². The van der Waals surface area contributed by atoms with Crippen LogP contribution in [0.4, 0.5) is 4.39 Å². The molecule has 2 amide bonds. The van der Waals surface area contributed by atoms with Gasteiger partial charge in [-0.1, -0.05) is 41.9 Å². The van der Waals surface area contributed by atoms with Crippen molar-refractivity contribution >= 4 is 23.4 Å². The van der Waals surface area contributed by atoms with Gasteiger partial charge in [-0.3, -0.25) is 9.59 Å². The van der Waals surface area contributed by atoms with Crippen LogP contribution in [0.1, 0.15) is 34.8 Å². The minimum atomic E-state index is -0.496. The Morgan fingerprint density at radius 3 is 2.64 bits per heavy atom. The Bertz CT molecular complexity index is 782. The van der Waals surface area contributed by atoms with E-state index in [1.54, 1.807) is 4.90 Å². The minimum Gasteiger partial charge on any atom is -0.343 e. The van der Waals surface area contributed by atoms with Gasteiger partial charge in [-0.15, -0.1) is 0 Å². The Balaban J connectivity index is 1.81. The Hall–Kier alpha value is -2.40. The second kappa shape index (κ2) is 7.66. The highest BCUT2D eigenvalue weighted by Crippen LogP contribution is 2.21. The maximum absolute atomic E-state index is 13.2. The number of amides is 2.